The van der Waals surface area contributed by atoms with Gasteiger partial charge in [0.25, 0.3) is 0 Å². The van der Waals surface area contributed by atoms with Crippen LogP contribution >= 0.6 is 15.9 Å². The van der Waals surface area contributed by atoms with Gasteiger partial charge in [0.2, 0.25) is 0 Å². The Balaban J connectivity index is 3.10. The van der Waals surface area contributed by atoms with E-state index in [1.807, 2.05) is 18.0 Å². The van der Waals surface area contributed by atoms with Crippen LogP contribution in [0.3, 0.4) is 0 Å². The lowest BCUT2D eigenvalue weighted by Gasteiger charge is -2.29. The van der Waals surface area contributed by atoms with Crippen molar-refractivity contribution in [1.29, 1.82) is 0 Å². The average Bonchev–Trinajstić information content (AvgIpc) is 2.34. The van der Waals surface area contributed by atoms with Crippen molar-refractivity contribution in [2.24, 2.45) is 5.73 Å². The summed E-state index contributed by atoms with van der Waals surface area (Å²) in [5.41, 5.74) is 6.97. The molecule has 0 atom stereocenters. The third-order valence-corrected chi connectivity index (χ3v) is 4.09. The van der Waals surface area contributed by atoms with Crippen LogP contribution in [0.25, 0.3) is 0 Å². The molecule has 1 aromatic carbocycles. The summed E-state index contributed by atoms with van der Waals surface area (Å²) in [6, 6.07) is 4.04. The number of hydrogen-bond donors (Lipinski definition) is 1. The normalized spacial score (nSPS) is 11.0. The van der Waals surface area contributed by atoms with E-state index >= 15 is 0 Å². The topological polar surface area (TPSA) is 29.3 Å². The summed E-state index contributed by atoms with van der Waals surface area (Å²) in [6.45, 7) is 4.57. The Hall–Kier alpha value is -0.610. The molecule has 1 aromatic rings. The lowest BCUT2D eigenvalue weighted by atomic mass is 10.1. The van der Waals surface area contributed by atoms with Crippen LogP contribution in [0.2, 0.25) is 0 Å². The van der Waals surface area contributed by atoms with Crippen molar-refractivity contribution in [1.82, 2.24) is 0 Å². The maximum Gasteiger partial charge on any atom is 0.160 e. The van der Waals surface area contributed by atoms with Crippen molar-refractivity contribution < 1.29 is 4.39 Å². The van der Waals surface area contributed by atoms with E-state index in [4.69, 9.17) is 5.73 Å². The average molecular weight is 303 g/mol. The highest BCUT2D eigenvalue weighted by molar-refractivity contribution is 9.10. The first-order valence-electron chi connectivity index (χ1n) is 5.96. The van der Waals surface area contributed by atoms with Gasteiger partial charge in [-0.2, -0.15) is 0 Å². The summed E-state index contributed by atoms with van der Waals surface area (Å²) in [4.78, 5) is 2.00. The second kappa shape index (κ2) is 6.36. The molecule has 2 N–H and O–H groups in total. The van der Waals surface area contributed by atoms with E-state index in [2.05, 4.69) is 29.8 Å². The Morgan fingerprint density at radius 3 is 2.41 bits per heavy atom. The molecule has 0 saturated carbocycles. The van der Waals surface area contributed by atoms with Gasteiger partial charge in [-0.1, -0.05) is 19.9 Å². The fourth-order valence-electron chi connectivity index (χ4n) is 2.04. The number of nitrogens with zero attached hydrogens (tertiary/aromatic N) is 1. The smallest absolute Gasteiger partial charge is 0.160 e. The number of rotatable bonds is 5. The van der Waals surface area contributed by atoms with E-state index in [9.17, 15) is 4.39 Å². The molecule has 0 bridgehead atoms. The summed E-state index contributed by atoms with van der Waals surface area (Å²) in [7, 11) is 1.94. The van der Waals surface area contributed by atoms with Gasteiger partial charge < -0.3 is 10.6 Å². The van der Waals surface area contributed by atoms with Crippen molar-refractivity contribution >= 4 is 21.6 Å². The van der Waals surface area contributed by atoms with E-state index in [1.54, 1.807) is 6.07 Å². The summed E-state index contributed by atoms with van der Waals surface area (Å²) in [6.07, 6.45) is 2.01. The highest BCUT2D eigenvalue weighted by Gasteiger charge is 2.17. The Bertz CT molecular complexity index is 378. The molecule has 0 radical (unpaired) electrons. The molecule has 1 rings (SSSR count). The lowest BCUT2D eigenvalue weighted by Crippen LogP contribution is -2.31. The second-order valence-electron chi connectivity index (χ2n) is 4.16. The Kier molecular flexibility index (Phi) is 5.40. The van der Waals surface area contributed by atoms with Crippen LogP contribution in [0.15, 0.2) is 16.6 Å². The van der Waals surface area contributed by atoms with E-state index in [0.717, 1.165) is 18.4 Å². The first-order chi connectivity index (χ1) is 8.06. The van der Waals surface area contributed by atoms with Crippen LogP contribution < -0.4 is 10.6 Å². The standard InChI is InChI=1S/C13H20BrFN2/c1-4-10(5-2)17(3)11-7-6-9(8-16)12(14)13(11)15/h6-7,10H,4-5,8,16H2,1-3H3. The molecule has 0 saturated heterocycles. The Morgan fingerprint density at radius 1 is 1.35 bits per heavy atom. The van der Waals surface area contributed by atoms with Crippen LogP contribution in [-0.4, -0.2) is 13.1 Å². The van der Waals surface area contributed by atoms with E-state index in [1.165, 1.54) is 0 Å². The molecular weight excluding hydrogens is 283 g/mol. The largest absolute Gasteiger partial charge is 0.369 e. The van der Waals surface area contributed by atoms with Crippen LogP contribution in [-0.2, 0) is 6.54 Å². The van der Waals surface area contributed by atoms with Crippen LogP contribution in [0.4, 0.5) is 10.1 Å². The van der Waals surface area contributed by atoms with Gasteiger partial charge in [-0.25, -0.2) is 4.39 Å². The van der Waals surface area contributed by atoms with Gasteiger partial charge in [0, 0.05) is 19.6 Å². The molecule has 0 amide bonds. The van der Waals surface area contributed by atoms with Gasteiger partial charge in [-0.15, -0.1) is 0 Å². The van der Waals surface area contributed by atoms with Gasteiger partial charge >= 0.3 is 0 Å². The molecule has 4 heteroatoms. The number of hydrogen-bond acceptors (Lipinski definition) is 2. The molecule has 0 aliphatic heterocycles. The van der Waals surface area contributed by atoms with Crippen molar-refractivity contribution in [3.63, 3.8) is 0 Å². The zero-order valence-corrected chi connectivity index (χ0v) is 12.2. The summed E-state index contributed by atoms with van der Waals surface area (Å²) in [5.74, 6) is -0.220. The number of nitrogens with two attached hydrogens (primary N) is 1. The highest BCUT2D eigenvalue weighted by atomic mass is 79.9. The quantitative estimate of drug-likeness (QED) is 0.899. The molecule has 0 aromatic heterocycles. The van der Waals surface area contributed by atoms with Crippen LogP contribution in [0.5, 0.6) is 0 Å². The predicted octanol–water partition coefficient (Wildman–Crippen LogP) is 3.67. The highest BCUT2D eigenvalue weighted by Crippen LogP contribution is 2.30. The van der Waals surface area contributed by atoms with E-state index in [-0.39, 0.29) is 5.82 Å². The van der Waals surface area contributed by atoms with E-state index in [0.29, 0.717) is 22.7 Å². The van der Waals surface area contributed by atoms with Crippen molar-refractivity contribution in [2.45, 2.75) is 39.3 Å². The fourth-order valence-corrected chi connectivity index (χ4v) is 2.54. The van der Waals surface area contributed by atoms with Crippen LogP contribution in [0, 0.1) is 5.82 Å². The SMILES string of the molecule is CCC(CC)N(C)c1ccc(CN)c(Br)c1F. The van der Waals surface area contributed by atoms with Gasteiger partial charge in [0.15, 0.2) is 5.82 Å². The first kappa shape index (κ1) is 14.5. The van der Waals surface area contributed by atoms with Crippen molar-refractivity contribution in [2.75, 3.05) is 11.9 Å². The Morgan fingerprint density at radius 2 is 1.94 bits per heavy atom. The zero-order valence-electron chi connectivity index (χ0n) is 10.6. The van der Waals surface area contributed by atoms with Crippen LogP contribution in [0.1, 0.15) is 32.3 Å². The molecule has 0 aliphatic carbocycles. The summed E-state index contributed by atoms with van der Waals surface area (Å²) in [5, 5.41) is 0. The minimum absolute atomic E-state index is 0.220. The molecule has 2 nitrogen and oxygen atoms in total. The van der Waals surface area contributed by atoms with E-state index < -0.39 is 0 Å². The van der Waals surface area contributed by atoms with Gasteiger partial charge in [-0.3, -0.25) is 0 Å². The third-order valence-electron chi connectivity index (χ3n) is 3.23. The summed E-state index contributed by atoms with van der Waals surface area (Å²) < 4.78 is 14.7. The van der Waals surface area contributed by atoms with Gasteiger partial charge in [0.1, 0.15) is 0 Å². The zero-order chi connectivity index (χ0) is 13.0. The van der Waals surface area contributed by atoms with Crippen molar-refractivity contribution in [3.8, 4) is 0 Å². The minimum atomic E-state index is -0.220. The molecule has 17 heavy (non-hydrogen) atoms. The minimum Gasteiger partial charge on any atom is -0.369 e. The maximum atomic E-state index is 14.2. The molecule has 0 unspecified atom stereocenters. The fraction of sp³-hybridized carbons (Fsp3) is 0.538. The number of anilines is 1. The first-order valence-corrected chi connectivity index (χ1v) is 6.75. The Labute approximate surface area is 111 Å². The summed E-state index contributed by atoms with van der Waals surface area (Å²) >= 11 is 3.27. The van der Waals surface area contributed by atoms with Gasteiger partial charge in [-0.05, 0) is 40.4 Å². The molecule has 0 heterocycles. The van der Waals surface area contributed by atoms with Crippen molar-refractivity contribution in [3.05, 3.63) is 28.0 Å². The molecule has 0 fully saturated rings. The molecule has 0 spiro atoms. The maximum absolute atomic E-state index is 14.2. The number of halogens is 2. The lowest BCUT2D eigenvalue weighted by molar-refractivity contribution is 0.562. The number of benzene rings is 1. The molecule has 96 valence electrons. The monoisotopic (exact) mass is 302 g/mol. The van der Waals surface area contributed by atoms with Gasteiger partial charge in [0.05, 0.1) is 10.2 Å². The third kappa shape index (κ3) is 2.99. The second-order valence-corrected chi connectivity index (χ2v) is 4.95. The molecule has 0 aliphatic rings. The molecular formula is C13H20BrFN2. The predicted molar refractivity (Wildman–Crippen MR) is 74.8 cm³/mol.